The van der Waals surface area contributed by atoms with E-state index in [-0.39, 0.29) is 12.5 Å². The molecule has 0 aromatic heterocycles. The summed E-state index contributed by atoms with van der Waals surface area (Å²) in [5, 5.41) is 3.83. The van der Waals surface area contributed by atoms with Gasteiger partial charge in [-0.05, 0) is 31.1 Å². The molecule has 110 valence electrons. The number of ether oxygens (including phenoxy) is 1. The SMILES string of the molecule is COCC(=O)N1CCC(NC2CCCC2(C)C)CC1. The first kappa shape index (κ1) is 14.8. The summed E-state index contributed by atoms with van der Waals surface area (Å²) in [5.74, 6) is 0.127. The number of carbonyl (C=O) groups is 1. The summed E-state index contributed by atoms with van der Waals surface area (Å²) in [4.78, 5) is 13.7. The third-order valence-corrected chi connectivity index (χ3v) is 4.81. The van der Waals surface area contributed by atoms with Crippen LogP contribution in [0.2, 0.25) is 0 Å². The Bertz CT molecular complexity index is 309. The van der Waals surface area contributed by atoms with Crippen LogP contribution < -0.4 is 5.32 Å². The Kier molecular flexibility index (Phi) is 4.85. The molecule has 2 aliphatic rings. The molecule has 4 heteroatoms. The molecule has 1 amide bonds. The van der Waals surface area contributed by atoms with Gasteiger partial charge in [0.1, 0.15) is 6.61 Å². The summed E-state index contributed by atoms with van der Waals surface area (Å²) < 4.78 is 4.91. The molecule has 0 aromatic carbocycles. The molecule has 1 aliphatic carbocycles. The van der Waals surface area contributed by atoms with Gasteiger partial charge in [-0.3, -0.25) is 4.79 Å². The number of hydrogen-bond donors (Lipinski definition) is 1. The molecule has 0 radical (unpaired) electrons. The minimum Gasteiger partial charge on any atom is -0.375 e. The fraction of sp³-hybridized carbons (Fsp3) is 0.933. The van der Waals surface area contributed by atoms with Crippen molar-refractivity contribution < 1.29 is 9.53 Å². The monoisotopic (exact) mass is 268 g/mol. The molecule has 0 aromatic rings. The summed E-state index contributed by atoms with van der Waals surface area (Å²) in [6.45, 7) is 6.69. The van der Waals surface area contributed by atoms with Crippen molar-refractivity contribution in [2.75, 3.05) is 26.8 Å². The highest BCUT2D eigenvalue weighted by Gasteiger charge is 2.36. The predicted molar refractivity (Wildman–Crippen MR) is 76.0 cm³/mol. The van der Waals surface area contributed by atoms with Crippen LogP contribution in [0.4, 0.5) is 0 Å². The Morgan fingerprint density at radius 3 is 2.53 bits per heavy atom. The molecule has 2 rings (SSSR count). The van der Waals surface area contributed by atoms with Crippen molar-refractivity contribution in [3.63, 3.8) is 0 Å². The van der Waals surface area contributed by atoms with E-state index in [1.807, 2.05) is 4.90 Å². The molecular formula is C15H28N2O2. The van der Waals surface area contributed by atoms with Crippen LogP contribution in [-0.2, 0) is 9.53 Å². The number of amides is 1. The lowest BCUT2D eigenvalue weighted by molar-refractivity contribution is -0.136. The van der Waals surface area contributed by atoms with Gasteiger partial charge in [0, 0.05) is 32.3 Å². The maximum atomic E-state index is 11.7. The van der Waals surface area contributed by atoms with E-state index in [1.54, 1.807) is 7.11 Å². The molecule has 1 saturated heterocycles. The Balaban J connectivity index is 1.76. The van der Waals surface area contributed by atoms with E-state index in [2.05, 4.69) is 19.2 Å². The number of likely N-dealkylation sites (tertiary alicyclic amines) is 1. The van der Waals surface area contributed by atoms with Crippen molar-refractivity contribution in [2.45, 2.75) is 58.0 Å². The number of hydrogen-bond acceptors (Lipinski definition) is 3. The van der Waals surface area contributed by atoms with Crippen molar-refractivity contribution in [3.05, 3.63) is 0 Å². The van der Waals surface area contributed by atoms with Crippen molar-refractivity contribution in [3.8, 4) is 0 Å². The number of piperidine rings is 1. The first-order valence-corrected chi connectivity index (χ1v) is 7.55. The number of nitrogens with one attached hydrogen (secondary N) is 1. The number of carbonyl (C=O) groups excluding carboxylic acids is 1. The van der Waals surface area contributed by atoms with Gasteiger partial charge < -0.3 is 15.0 Å². The lowest BCUT2D eigenvalue weighted by Gasteiger charge is -2.37. The fourth-order valence-electron chi connectivity index (χ4n) is 3.43. The van der Waals surface area contributed by atoms with Crippen molar-refractivity contribution in [1.82, 2.24) is 10.2 Å². The van der Waals surface area contributed by atoms with Crippen LogP contribution in [0.1, 0.15) is 46.0 Å². The average molecular weight is 268 g/mol. The fourth-order valence-corrected chi connectivity index (χ4v) is 3.43. The van der Waals surface area contributed by atoms with Gasteiger partial charge in [0.05, 0.1) is 0 Å². The Morgan fingerprint density at radius 2 is 2.00 bits per heavy atom. The second-order valence-electron chi connectivity index (χ2n) is 6.69. The number of rotatable bonds is 4. The molecule has 1 heterocycles. The summed E-state index contributed by atoms with van der Waals surface area (Å²) >= 11 is 0. The highest BCUT2D eigenvalue weighted by atomic mass is 16.5. The van der Waals surface area contributed by atoms with E-state index in [9.17, 15) is 4.79 Å². The van der Waals surface area contributed by atoms with Gasteiger partial charge in [-0.15, -0.1) is 0 Å². The largest absolute Gasteiger partial charge is 0.375 e. The van der Waals surface area contributed by atoms with E-state index < -0.39 is 0 Å². The van der Waals surface area contributed by atoms with Gasteiger partial charge in [-0.1, -0.05) is 20.3 Å². The molecule has 1 unspecified atom stereocenters. The Hall–Kier alpha value is -0.610. The quantitative estimate of drug-likeness (QED) is 0.845. The van der Waals surface area contributed by atoms with E-state index in [1.165, 1.54) is 19.3 Å². The molecule has 4 nitrogen and oxygen atoms in total. The van der Waals surface area contributed by atoms with Gasteiger partial charge in [0.2, 0.25) is 5.91 Å². The highest BCUT2D eigenvalue weighted by Crippen LogP contribution is 2.37. The lowest BCUT2D eigenvalue weighted by atomic mass is 9.86. The first-order valence-electron chi connectivity index (χ1n) is 7.55. The molecule has 1 N–H and O–H groups in total. The molecule has 0 spiro atoms. The van der Waals surface area contributed by atoms with Crippen LogP contribution >= 0.6 is 0 Å². The van der Waals surface area contributed by atoms with Gasteiger partial charge in [-0.2, -0.15) is 0 Å². The molecule has 0 bridgehead atoms. The molecule has 1 aliphatic heterocycles. The predicted octanol–water partition coefficient (Wildman–Crippen LogP) is 1.79. The topological polar surface area (TPSA) is 41.6 Å². The smallest absolute Gasteiger partial charge is 0.248 e. The highest BCUT2D eigenvalue weighted by molar-refractivity contribution is 5.77. The van der Waals surface area contributed by atoms with E-state index >= 15 is 0 Å². The maximum Gasteiger partial charge on any atom is 0.248 e. The molecule has 1 atom stereocenters. The van der Waals surface area contributed by atoms with Crippen LogP contribution in [0.5, 0.6) is 0 Å². The maximum absolute atomic E-state index is 11.7. The normalized spacial score (nSPS) is 27.7. The van der Waals surface area contributed by atoms with Crippen molar-refractivity contribution in [1.29, 1.82) is 0 Å². The third kappa shape index (κ3) is 3.69. The van der Waals surface area contributed by atoms with E-state index in [0.29, 0.717) is 17.5 Å². The molecule has 1 saturated carbocycles. The molecule has 19 heavy (non-hydrogen) atoms. The van der Waals surface area contributed by atoms with Gasteiger partial charge in [0.25, 0.3) is 0 Å². The zero-order valence-corrected chi connectivity index (χ0v) is 12.6. The second-order valence-corrected chi connectivity index (χ2v) is 6.69. The Morgan fingerprint density at radius 1 is 1.32 bits per heavy atom. The van der Waals surface area contributed by atoms with Crippen molar-refractivity contribution >= 4 is 5.91 Å². The minimum atomic E-state index is 0.127. The van der Waals surface area contributed by atoms with Gasteiger partial charge in [0.15, 0.2) is 0 Å². The minimum absolute atomic E-state index is 0.127. The van der Waals surface area contributed by atoms with Crippen LogP contribution in [0.3, 0.4) is 0 Å². The number of methoxy groups -OCH3 is 1. The summed E-state index contributed by atoms with van der Waals surface area (Å²) in [5.41, 5.74) is 0.434. The number of nitrogens with zero attached hydrogens (tertiary/aromatic N) is 1. The average Bonchev–Trinajstić information content (AvgIpc) is 2.70. The van der Waals surface area contributed by atoms with Crippen LogP contribution in [0.15, 0.2) is 0 Å². The Labute approximate surface area is 116 Å². The zero-order valence-electron chi connectivity index (χ0n) is 12.6. The summed E-state index contributed by atoms with van der Waals surface area (Å²) in [6, 6.07) is 1.23. The molecule has 2 fully saturated rings. The van der Waals surface area contributed by atoms with E-state index in [0.717, 1.165) is 25.9 Å². The summed E-state index contributed by atoms with van der Waals surface area (Å²) in [7, 11) is 1.58. The van der Waals surface area contributed by atoms with Crippen LogP contribution in [0, 0.1) is 5.41 Å². The zero-order chi connectivity index (χ0) is 13.9. The third-order valence-electron chi connectivity index (χ3n) is 4.81. The standard InChI is InChI=1S/C15H28N2O2/c1-15(2)8-4-5-13(15)16-12-6-9-17(10-7-12)14(18)11-19-3/h12-13,16H,4-11H2,1-3H3. The van der Waals surface area contributed by atoms with Crippen LogP contribution in [-0.4, -0.2) is 49.7 Å². The molecular weight excluding hydrogens is 240 g/mol. The summed E-state index contributed by atoms with van der Waals surface area (Å²) in [6.07, 6.45) is 6.12. The van der Waals surface area contributed by atoms with Crippen molar-refractivity contribution in [2.24, 2.45) is 5.41 Å². The first-order chi connectivity index (χ1) is 9.03. The van der Waals surface area contributed by atoms with Gasteiger partial charge in [-0.25, -0.2) is 0 Å². The van der Waals surface area contributed by atoms with Crippen LogP contribution in [0.25, 0.3) is 0 Å². The van der Waals surface area contributed by atoms with E-state index in [4.69, 9.17) is 4.74 Å². The lowest BCUT2D eigenvalue weighted by Crippen LogP contribution is -2.50. The second kappa shape index (κ2) is 6.23. The van der Waals surface area contributed by atoms with Gasteiger partial charge >= 0.3 is 0 Å².